The summed E-state index contributed by atoms with van der Waals surface area (Å²) in [4.78, 5) is 12.1. The zero-order valence-electron chi connectivity index (χ0n) is 10.3. The lowest BCUT2D eigenvalue weighted by Gasteiger charge is -2.13. The minimum atomic E-state index is -0.843. The van der Waals surface area contributed by atoms with Gasteiger partial charge in [0.05, 0.1) is 5.92 Å². The minimum absolute atomic E-state index is 0.346. The smallest absolute Gasteiger partial charge is 0.311 e. The Balaban J connectivity index is 2.19. The van der Waals surface area contributed by atoms with E-state index >= 15 is 0 Å². The van der Waals surface area contributed by atoms with Crippen LogP contribution in [0.4, 0.5) is 0 Å². The zero-order valence-corrected chi connectivity index (χ0v) is 11.1. The van der Waals surface area contributed by atoms with E-state index in [1.54, 1.807) is 0 Å². The van der Waals surface area contributed by atoms with Gasteiger partial charge in [-0.25, -0.2) is 0 Å². The molecule has 2 rings (SSSR count). The molecule has 0 saturated heterocycles. The van der Waals surface area contributed by atoms with Crippen LogP contribution in [-0.4, -0.2) is 15.9 Å². The maximum absolute atomic E-state index is 11.4. The molecule has 0 bridgehead atoms. The van der Waals surface area contributed by atoms with E-state index in [0.29, 0.717) is 11.3 Å². The second kappa shape index (κ2) is 6.25. The van der Waals surface area contributed by atoms with Gasteiger partial charge in [-0.3, -0.25) is 4.79 Å². The highest BCUT2D eigenvalue weighted by Crippen LogP contribution is 2.22. The lowest BCUT2D eigenvalue weighted by molar-refractivity contribution is -0.138. The second-order valence-electron chi connectivity index (χ2n) is 4.29. The van der Waals surface area contributed by atoms with Gasteiger partial charge >= 0.3 is 5.97 Å². The lowest BCUT2D eigenvalue weighted by atomic mass is 9.92. The topological polar surface area (TPSA) is 37.3 Å². The van der Waals surface area contributed by atoms with E-state index in [-0.39, 0.29) is 0 Å². The molecule has 0 aromatic heterocycles. The van der Waals surface area contributed by atoms with Crippen molar-refractivity contribution >= 4 is 23.1 Å². The van der Waals surface area contributed by atoms with Crippen LogP contribution in [0.5, 0.6) is 0 Å². The van der Waals surface area contributed by atoms with Gasteiger partial charge < -0.3 is 5.11 Å². The predicted molar refractivity (Wildman–Crippen MR) is 79.6 cm³/mol. The van der Waals surface area contributed by atoms with Crippen molar-refractivity contribution in [2.45, 2.75) is 12.3 Å². The van der Waals surface area contributed by atoms with Gasteiger partial charge in [-0.15, -0.1) is 0 Å². The molecule has 96 valence electrons. The first kappa shape index (κ1) is 13.4. The van der Waals surface area contributed by atoms with Crippen molar-refractivity contribution < 1.29 is 9.90 Å². The molecule has 1 atom stereocenters. The van der Waals surface area contributed by atoms with Crippen LogP contribution in [0, 0.1) is 0 Å². The van der Waals surface area contributed by atoms with E-state index in [1.165, 1.54) is 0 Å². The third-order valence-electron chi connectivity index (χ3n) is 2.99. The first-order valence-electron chi connectivity index (χ1n) is 6.04. The van der Waals surface area contributed by atoms with Gasteiger partial charge in [-0.1, -0.05) is 72.9 Å². The van der Waals surface area contributed by atoms with Crippen LogP contribution in [0.15, 0.2) is 60.7 Å². The molecule has 0 heterocycles. The van der Waals surface area contributed by atoms with Crippen molar-refractivity contribution in [2.24, 2.45) is 0 Å². The summed E-state index contributed by atoms with van der Waals surface area (Å²) in [6.45, 7) is 0. The SMILES string of the molecule is O=C(O)C(CC(=S)c1ccccc1)c1ccccc1. The van der Waals surface area contributed by atoms with Crippen LogP contribution in [0.25, 0.3) is 0 Å². The third kappa shape index (κ3) is 3.48. The summed E-state index contributed by atoms with van der Waals surface area (Å²) in [5.41, 5.74) is 1.70. The van der Waals surface area contributed by atoms with Crippen LogP contribution in [0.2, 0.25) is 0 Å². The van der Waals surface area contributed by atoms with Crippen LogP contribution < -0.4 is 0 Å². The average Bonchev–Trinajstić information content (AvgIpc) is 2.46. The molecule has 2 aromatic carbocycles. The summed E-state index contributed by atoms with van der Waals surface area (Å²) in [7, 11) is 0. The fourth-order valence-corrected chi connectivity index (χ4v) is 2.26. The Bertz CT molecular complexity index is 564. The number of thiocarbonyl (C=S) groups is 1. The van der Waals surface area contributed by atoms with Crippen LogP contribution in [0.3, 0.4) is 0 Å². The molecule has 0 saturated carbocycles. The fourth-order valence-electron chi connectivity index (χ4n) is 1.96. The van der Waals surface area contributed by atoms with Crippen molar-refractivity contribution in [1.82, 2.24) is 0 Å². The number of hydrogen-bond acceptors (Lipinski definition) is 2. The summed E-state index contributed by atoms with van der Waals surface area (Å²) in [6, 6.07) is 18.8. The Morgan fingerprint density at radius 2 is 1.53 bits per heavy atom. The molecule has 0 fully saturated rings. The minimum Gasteiger partial charge on any atom is -0.481 e. The highest BCUT2D eigenvalue weighted by atomic mass is 32.1. The van der Waals surface area contributed by atoms with Crippen LogP contribution in [-0.2, 0) is 4.79 Å². The Morgan fingerprint density at radius 3 is 2.05 bits per heavy atom. The second-order valence-corrected chi connectivity index (χ2v) is 4.79. The van der Waals surface area contributed by atoms with Crippen molar-refractivity contribution in [1.29, 1.82) is 0 Å². The Kier molecular flexibility index (Phi) is 4.42. The number of carboxylic acids is 1. The molecular formula is C16H14O2S. The number of carboxylic acid groups (broad SMARTS) is 1. The first-order chi connectivity index (χ1) is 9.18. The van der Waals surface area contributed by atoms with E-state index in [2.05, 4.69) is 0 Å². The van der Waals surface area contributed by atoms with Gasteiger partial charge in [0.25, 0.3) is 0 Å². The molecule has 0 aliphatic carbocycles. The van der Waals surface area contributed by atoms with E-state index in [0.717, 1.165) is 11.1 Å². The molecule has 0 aliphatic rings. The molecule has 3 heteroatoms. The molecule has 2 nitrogen and oxygen atoms in total. The molecular weight excluding hydrogens is 256 g/mol. The number of carbonyl (C=O) groups is 1. The van der Waals surface area contributed by atoms with Crippen LogP contribution >= 0.6 is 12.2 Å². The molecule has 1 N–H and O–H groups in total. The third-order valence-corrected chi connectivity index (χ3v) is 3.39. The zero-order chi connectivity index (χ0) is 13.7. The lowest BCUT2D eigenvalue weighted by Crippen LogP contribution is -2.15. The van der Waals surface area contributed by atoms with E-state index in [9.17, 15) is 9.90 Å². The summed E-state index contributed by atoms with van der Waals surface area (Å²) in [5.74, 6) is -1.43. The van der Waals surface area contributed by atoms with Gasteiger partial charge in [0.1, 0.15) is 0 Å². The van der Waals surface area contributed by atoms with Gasteiger partial charge in [-0.2, -0.15) is 0 Å². The van der Waals surface area contributed by atoms with E-state index < -0.39 is 11.9 Å². The maximum atomic E-state index is 11.4. The Hall–Kier alpha value is -2.00. The quantitative estimate of drug-likeness (QED) is 0.665. The molecule has 0 spiro atoms. The summed E-state index contributed by atoms with van der Waals surface area (Å²) >= 11 is 5.35. The maximum Gasteiger partial charge on any atom is 0.311 e. The molecule has 0 radical (unpaired) electrons. The van der Waals surface area contributed by atoms with Gasteiger partial charge in [-0.05, 0) is 11.1 Å². The number of aliphatic carboxylic acids is 1. The Labute approximate surface area is 117 Å². The molecule has 0 aliphatic heterocycles. The van der Waals surface area contributed by atoms with Crippen molar-refractivity contribution in [3.63, 3.8) is 0 Å². The summed E-state index contributed by atoms with van der Waals surface area (Å²) in [6.07, 6.45) is 0.346. The van der Waals surface area contributed by atoms with Crippen molar-refractivity contribution in [3.05, 3.63) is 71.8 Å². The van der Waals surface area contributed by atoms with Gasteiger partial charge in [0, 0.05) is 11.3 Å². The monoisotopic (exact) mass is 270 g/mol. The van der Waals surface area contributed by atoms with E-state index in [1.807, 2.05) is 60.7 Å². The standard InChI is InChI=1S/C16H14O2S/c17-16(18)14(12-7-3-1-4-8-12)11-15(19)13-9-5-2-6-10-13/h1-10,14H,11H2,(H,17,18). The van der Waals surface area contributed by atoms with Gasteiger partial charge in [0.2, 0.25) is 0 Å². The molecule has 0 amide bonds. The number of benzene rings is 2. The van der Waals surface area contributed by atoms with Crippen molar-refractivity contribution in [3.8, 4) is 0 Å². The first-order valence-corrected chi connectivity index (χ1v) is 6.45. The fraction of sp³-hybridized carbons (Fsp3) is 0.125. The summed E-state index contributed by atoms with van der Waals surface area (Å²) < 4.78 is 0. The van der Waals surface area contributed by atoms with Crippen LogP contribution in [0.1, 0.15) is 23.5 Å². The normalized spacial score (nSPS) is 11.8. The Morgan fingerprint density at radius 1 is 1.00 bits per heavy atom. The molecule has 19 heavy (non-hydrogen) atoms. The van der Waals surface area contributed by atoms with E-state index in [4.69, 9.17) is 12.2 Å². The average molecular weight is 270 g/mol. The highest BCUT2D eigenvalue weighted by molar-refractivity contribution is 7.80. The molecule has 1 unspecified atom stereocenters. The number of hydrogen-bond donors (Lipinski definition) is 1. The number of rotatable bonds is 5. The predicted octanol–water partition coefficient (Wildman–Crippen LogP) is 3.66. The summed E-state index contributed by atoms with van der Waals surface area (Å²) in [5, 5.41) is 9.36. The van der Waals surface area contributed by atoms with Gasteiger partial charge in [0.15, 0.2) is 0 Å². The molecule has 2 aromatic rings. The highest BCUT2D eigenvalue weighted by Gasteiger charge is 2.21. The largest absolute Gasteiger partial charge is 0.481 e. The van der Waals surface area contributed by atoms with Crippen molar-refractivity contribution in [2.75, 3.05) is 0 Å².